The van der Waals surface area contributed by atoms with Crippen LogP contribution in [-0.2, 0) is 9.53 Å². The highest BCUT2D eigenvalue weighted by molar-refractivity contribution is 5.92. The number of carbonyl (C=O) groups excluding carboxylic acids is 1. The average molecular weight is 305 g/mol. The first-order valence-corrected chi connectivity index (χ1v) is 8.36. The minimum absolute atomic E-state index is 0.0395. The highest BCUT2D eigenvalue weighted by Crippen LogP contribution is 2.52. The van der Waals surface area contributed by atoms with E-state index in [4.69, 9.17) is 4.74 Å². The van der Waals surface area contributed by atoms with Gasteiger partial charge in [-0.2, -0.15) is 0 Å². The summed E-state index contributed by atoms with van der Waals surface area (Å²) >= 11 is 0. The molecule has 2 saturated heterocycles. The van der Waals surface area contributed by atoms with Crippen molar-refractivity contribution in [1.82, 2.24) is 4.90 Å². The van der Waals surface area contributed by atoms with Crippen molar-refractivity contribution in [3.63, 3.8) is 0 Å². The lowest BCUT2D eigenvalue weighted by atomic mass is 9.67. The molecule has 0 bridgehead atoms. The van der Waals surface area contributed by atoms with Crippen LogP contribution in [-0.4, -0.2) is 30.2 Å². The van der Waals surface area contributed by atoms with Gasteiger partial charge in [0.25, 0.3) is 0 Å². The smallest absolute Gasteiger partial charge is 0.232 e. The van der Waals surface area contributed by atoms with E-state index in [1.54, 1.807) is 0 Å². The first-order chi connectivity index (χ1) is 11.2. The van der Waals surface area contributed by atoms with Crippen LogP contribution in [0.4, 0.5) is 0 Å². The summed E-state index contributed by atoms with van der Waals surface area (Å²) in [4.78, 5) is 15.1. The first kappa shape index (κ1) is 13.3. The predicted molar refractivity (Wildman–Crippen MR) is 88.2 cm³/mol. The van der Waals surface area contributed by atoms with Crippen LogP contribution in [0.1, 0.15) is 34.9 Å². The van der Waals surface area contributed by atoms with E-state index in [9.17, 15) is 4.79 Å². The van der Waals surface area contributed by atoms with Gasteiger partial charge >= 0.3 is 0 Å². The van der Waals surface area contributed by atoms with E-state index in [0.717, 1.165) is 13.0 Å². The van der Waals surface area contributed by atoms with Crippen molar-refractivity contribution in [3.05, 3.63) is 59.2 Å². The number of carbonyl (C=O) groups is 1. The molecule has 2 aromatic rings. The maximum atomic E-state index is 13.1. The third-order valence-electron chi connectivity index (χ3n) is 5.59. The molecule has 0 unspecified atom stereocenters. The summed E-state index contributed by atoms with van der Waals surface area (Å²) in [5.41, 5.74) is 6.26. The van der Waals surface area contributed by atoms with Gasteiger partial charge in [0.05, 0.1) is 12.5 Å². The molecular weight excluding hydrogens is 286 g/mol. The van der Waals surface area contributed by atoms with Gasteiger partial charge in [0, 0.05) is 18.9 Å². The Balaban J connectivity index is 1.75. The number of ether oxygens (including phenoxy) is 1. The molecule has 0 saturated carbocycles. The van der Waals surface area contributed by atoms with Crippen molar-refractivity contribution < 1.29 is 9.53 Å². The standard InChI is InChI=1S/C20H19NO2/c1-12-6-7-14-13-4-2-3-5-15(13)19-17(16(14)10-12)11-18-21(20(19)22)8-9-23-18/h2-7,10,17-19H,8-9,11H2,1H3/t17-,18+,19+/m1/s1. The topological polar surface area (TPSA) is 29.5 Å². The molecule has 0 spiro atoms. The number of aryl methyl sites for hydroxylation is 1. The highest BCUT2D eigenvalue weighted by Gasteiger charge is 2.48. The molecule has 3 nitrogen and oxygen atoms in total. The van der Waals surface area contributed by atoms with Crippen molar-refractivity contribution in [1.29, 1.82) is 0 Å². The Kier molecular flexibility index (Phi) is 2.71. The van der Waals surface area contributed by atoms with Gasteiger partial charge in [0.2, 0.25) is 5.91 Å². The van der Waals surface area contributed by atoms with Crippen molar-refractivity contribution in [2.45, 2.75) is 31.4 Å². The number of piperidine rings is 1. The molecule has 0 radical (unpaired) electrons. The van der Waals surface area contributed by atoms with E-state index in [-0.39, 0.29) is 24.0 Å². The number of benzene rings is 2. The monoisotopic (exact) mass is 305 g/mol. The normalized spacial score (nSPS) is 28.0. The Hall–Kier alpha value is -2.13. The molecule has 0 N–H and O–H groups in total. The summed E-state index contributed by atoms with van der Waals surface area (Å²) in [6.07, 6.45) is 0.864. The van der Waals surface area contributed by atoms with E-state index in [1.807, 2.05) is 4.90 Å². The zero-order chi connectivity index (χ0) is 15.6. The Morgan fingerprint density at radius 2 is 1.91 bits per heavy atom. The van der Waals surface area contributed by atoms with Gasteiger partial charge in [-0.25, -0.2) is 0 Å². The van der Waals surface area contributed by atoms with Crippen LogP contribution >= 0.6 is 0 Å². The molecule has 3 atom stereocenters. The quantitative estimate of drug-likeness (QED) is 0.746. The van der Waals surface area contributed by atoms with E-state index >= 15 is 0 Å². The van der Waals surface area contributed by atoms with Gasteiger partial charge in [-0.05, 0) is 29.2 Å². The van der Waals surface area contributed by atoms with Gasteiger partial charge in [-0.3, -0.25) is 4.79 Å². The minimum Gasteiger partial charge on any atom is -0.356 e. The molecular formula is C20H19NO2. The zero-order valence-electron chi connectivity index (χ0n) is 13.2. The Labute approximate surface area is 135 Å². The second-order valence-corrected chi connectivity index (χ2v) is 6.85. The summed E-state index contributed by atoms with van der Waals surface area (Å²) in [6, 6.07) is 15.0. The van der Waals surface area contributed by atoms with E-state index in [0.29, 0.717) is 6.61 Å². The molecule has 2 heterocycles. The molecule has 1 aliphatic carbocycles. The number of hydrogen-bond acceptors (Lipinski definition) is 2. The molecule has 2 aromatic carbocycles. The van der Waals surface area contributed by atoms with Gasteiger partial charge in [0.15, 0.2) is 0 Å². The lowest BCUT2D eigenvalue weighted by molar-refractivity contribution is -0.143. The number of amides is 1. The lowest BCUT2D eigenvalue weighted by Gasteiger charge is -2.43. The Bertz CT molecular complexity index is 813. The summed E-state index contributed by atoms with van der Waals surface area (Å²) in [5.74, 6) is 0.411. The second kappa shape index (κ2) is 4.68. The number of fused-ring (bicyclic) bond motifs is 7. The molecule has 5 rings (SSSR count). The molecule has 116 valence electrons. The number of nitrogens with zero attached hydrogens (tertiary/aromatic N) is 1. The predicted octanol–water partition coefficient (Wildman–Crippen LogP) is 3.43. The van der Waals surface area contributed by atoms with Gasteiger partial charge in [-0.15, -0.1) is 0 Å². The fourth-order valence-electron chi connectivity index (χ4n) is 4.58. The van der Waals surface area contributed by atoms with Crippen LogP contribution in [0.2, 0.25) is 0 Å². The van der Waals surface area contributed by atoms with Crippen molar-refractivity contribution in [3.8, 4) is 11.1 Å². The number of rotatable bonds is 0. The molecule has 3 aliphatic rings. The molecule has 0 aromatic heterocycles. The first-order valence-electron chi connectivity index (χ1n) is 8.36. The molecule has 3 heteroatoms. The summed E-state index contributed by atoms with van der Waals surface area (Å²) in [7, 11) is 0. The average Bonchev–Trinajstić information content (AvgIpc) is 3.04. The fourth-order valence-corrected chi connectivity index (χ4v) is 4.58. The number of hydrogen-bond donors (Lipinski definition) is 0. The minimum atomic E-state index is -0.0570. The Morgan fingerprint density at radius 3 is 2.83 bits per heavy atom. The maximum Gasteiger partial charge on any atom is 0.232 e. The third-order valence-corrected chi connectivity index (χ3v) is 5.59. The van der Waals surface area contributed by atoms with Crippen LogP contribution in [0.15, 0.2) is 42.5 Å². The van der Waals surface area contributed by atoms with E-state index in [1.165, 1.54) is 27.8 Å². The lowest BCUT2D eigenvalue weighted by Crippen LogP contribution is -2.47. The fraction of sp³-hybridized carbons (Fsp3) is 0.350. The van der Waals surface area contributed by atoms with Gasteiger partial charge < -0.3 is 9.64 Å². The van der Waals surface area contributed by atoms with Crippen molar-refractivity contribution >= 4 is 5.91 Å². The van der Waals surface area contributed by atoms with Crippen LogP contribution < -0.4 is 0 Å². The second-order valence-electron chi connectivity index (χ2n) is 6.85. The van der Waals surface area contributed by atoms with Crippen LogP contribution in [0, 0.1) is 6.92 Å². The van der Waals surface area contributed by atoms with E-state index < -0.39 is 0 Å². The Morgan fingerprint density at radius 1 is 1.09 bits per heavy atom. The molecule has 23 heavy (non-hydrogen) atoms. The van der Waals surface area contributed by atoms with E-state index in [2.05, 4.69) is 49.4 Å². The maximum absolute atomic E-state index is 13.1. The summed E-state index contributed by atoms with van der Waals surface area (Å²) in [5, 5.41) is 0. The third kappa shape index (κ3) is 1.77. The largest absolute Gasteiger partial charge is 0.356 e. The van der Waals surface area contributed by atoms with Gasteiger partial charge in [-0.1, -0.05) is 48.0 Å². The summed E-state index contributed by atoms with van der Waals surface area (Å²) < 4.78 is 5.81. The van der Waals surface area contributed by atoms with Crippen molar-refractivity contribution in [2.24, 2.45) is 0 Å². The van der Waals surface area contributed by atoms with Crippen molar-refractivity contribution in [2.75, 3.05) is 13.2 Å². The molecule has 2 fully saturated rings. The highest BCUT2D eigenvalue weighted by atomic mass is 16.5. The van der Waals surface area contributed by atoms with Gasteiger partial charge in [0.1, 0.15) is 6.23 Å². The molecule has 2 aliphatic heterocycles. The zero-order valence-corrected chi connectivity index (χ0v) is 13.2. The van der Waals surface area contributed by atoms with Crippen LogP contribution in [0.5, 0.6) is 0 Å². The molecule has 1 amide bonds. The summed E-state index contributed by atoms with van der Waals surface area (Å²) in [6.45, 7) is 3.52. The van der Waals surface area contributed by atoms with Crippen LogP contribution in [0.25, 0.3) is 11.1 Å². The van der Waals surface area contributed by atoms with Crippen LogP contribution in [0.3, 0.4) is 0 Å². The SMILES string of the molecule is Cc1ccc2c(c1)[C@H]1C[C@@H]3OCCN3C(=O)[C@H]1c1ccccc1-2.